The van der Waals surface area contributed by atoms with Gasteiger partial charge in [-0.2, -0.15) is 0 Å². The number of hydrogen-bond acceptors (Lipinski definition) is 2. The van der Waals surface area contributed by atoms with Gasteiger partial charge < -0.3 is 4.74 Å². The Morgan fingerprint density at radius 1 is 0.889 bits per heavy atom. The lowest BCUT2D eigenvalue weighted by Crippen LogP contribution is -2.30. The summed E-state index contributed by atoms with van der Waals surface area (Å²) in [6, 6.07) is 29.1. The quantitative estimate of drug-likeness (QED) is 0.482. The van der Waals surface area contributed by atoms with Crippen molar-refractivity contribution in [2.75, 3.05) is 6.61 Å². The third kappa shape index (κ3) is 3.70. The highest BCUT2D eigenvalue weighted by atomic mass is 35.5. The molecule has 0 aliphatic carbocycles. The van der Waals surface area contributed by atoms with Gasteiger partial charge in [0.25, 0.3) is 0 Å². The molecule has 0 radical (unpaired) electrons. The SMILES string of the molecule is C=C[C@H](c1ccccc1)N1[C@@H](c2ccc(Cl)cc2)OC[C@H]1c1ccccc1. The van der Waals surface area contributed by atoms with Crippen LogP contribution in [-0.2, 0) is 4.74 Å². The molecule has 0 saturated carbocycles. The largest absolute Gasteiger partial charge is 0.357 e. The lowest BCUT2D eigenvalue weighted by molar-refractivity contribution is 0.0142. The Morgan fingerprint density at radius 3 is 2.15 bits per heavy atom. The molecular weight excluding hydrogens is 354 g/mol. The van der Waals surface area contributed by atoms with Crippen LogP contribution in [0.15, 0.2) is 97.6 Å². The van der Waals surface area contributed by atoms with Crippen LogP contribution in [0.4, 0.5) is 0 Å². The summed E-state index contributed by atoms with van der Waals surface area (Å²) in [6.07, 6.45) is 1.85. The monoisotopic (exact) mass is 375 g/mol. The molecule has 0 unspecified atom stereocenters. The Morgan fingerprint density at radius 2 is 1.52 bits per heavy atom. The maximum absolute atomic E-state index is 6.30. The fourth-order valence-electron chi connectivity index (χ4n) is 3.78. The second kappa shape index (κ2) is 8.10. The van der Waals surface area contributed by atoms with Crippen molar-refractivity contribution in [1.29, 1.82) is 0 Å². The third-order valence-electron chi connectivity index (χ3n) is 5.07. The van der Waals surface area contributed by atoms with Crippen LogP contribution in [-0.4, -0.2) is 11.5 Å². The summed E-state index contributed by atoms with van der Waals surface area (Å²) in [5, 5.41) is 0.728. The average molecular weight is 376 g/mol. The highest BCUT2D eigenvalue weighted by Gasteiger charge is 2.40. The second-order valence-corrected chi connectivity index (χ2v) is 7.14. The molecule has 1 fully saturated rings. The number of hydrogen-bond donors (Lipinski definition) is 0. The van der Waals surface area contributed by atoms with Crippen LogP contribution in [0.25, 0.3) is 0 Å². The Labute approximate surface area is 165 Å². The van der Waals surface area contributed by atoms with Crippen LogP contribution in [0, 0.1) is 0 Å². The van der Waals surface area contributed by atoms with E-state index in [1.54, 1.807) is 0 Å². The summed E-state index contributed by atoms with van der Waals surface area (Å²) >= 11 is 6.09. The average Bonchev–Trinajstić information content (AvgIpc) is 3.15. The van der Waals surface area contributed by atoms with Gasteiger partial charge in [-0.25, -0.2) is 0 Å². The molecule has 3 aromatic rings. The van der Waals surface area contributed by atoms with Crippen LogP contribution in [0.5, 0.6) is 0 Å². The van der Waals surface area contributed by atoms with Gasteiger partial charge in [0.05, 0.1) is 18.7 Å². The van der Waals surface area contributed by atoms with Crippen molar-refractivity contribution in [3.05, 3.63) is 119 Å². The van der Waals surface area contributed by atoms with Crippen molar-refractivity contribution in [2.24, 2.45) is 0 Å². The van der Waals surface area contributed by atoms with Gasteiger partial charge >= 0.3 is 0 Å². The standard InChI is InChI=1S/C24H22ClNO/c1-2-22(18-9-5-3-6-10-18)26-23(19-11-7-4-8-12-19)17-27-24(26)20-13-15-21(25)16-14-20/h2-16,22-24H,1,17H2/t22-,23+,24-/m1/s1. The smallest absolute Gasteiger partial charge is 0.138 e. The number of rotatable bonds is 5. The van der Waals surface area contributed by atoms with E-state index in [0.29, 0.717) is 6.61 Å². The molecule has 0 spiro atoms. The summed E-state index contributed by atoms with van der Waals surface area (Å²) in [6.45, 7) is 4.77. The predicted molar refractivity (Wildman–Crippen MR) is 111 cm³/mol. The van der Waals surface area contributed by atoms with Gasteiger partial charge in [0.15, 0.2) is 0 Å². The molecule has 0 bridgehead atoms. The van der Waals surface area contributed by atoms with Gasteiger partial charge in [-0.05, 0) is 28.8 Å². The summed E-state index contributed by atoms with van der Waals surface area (Å²) in [5.41, 5.74) is 3.55. The molecule has 2 nitrogen and oxygen atoms in total. The first-order chi connectivity index (χ1) is 13.3. The van der Waals surface area contributed by atoms with Gasteiger partial charge in [-0.3, -0.25) is 4.90 Å². The molecule has 0 N–H and O–H groups in total. The van der Waals surface area contributed by atoms with Crippen molar-refractivity contribution < 1.29 is 4.74 Å². The van der Waals surface area contributed by atoms with Gasteiger partial charge in [-0.1, -0.05) is 90.5 Å². The summed E-state index contributed by atoms with van der Waals surface area (Å²) in [5.74, 6) is 0. The van der Waals surface area contributed by atoms with Crippen LogP contribution in [0.3, 0.4) is 0 Å². The van der Waals surface area contributed by atoms with Gasteiger partial charge in [0, 0.05) is 5.02 Å². The van der Waals surface area contributed by atoms with E-state index in [1.165, 1.54) is 11.1 Å². The molecular formula is C24H22ClNO. The van der Waals surface area contributed by atoms with E-state index in [-0.39, 0.29) is 18.3 Å². The minimum Gasteiger partial charge on any atom is -0.357 e. The maximum Gasteiger partial charge on any atom is 0.138 e. The van der Waals surface area contributed by atoms with E-state index in [0.717, 1.165) is 10.6 Å². The van der Waals surface area contributed by atoms with Crippen molar-refractivity contribution >= 4 is 11.6 Å². The lowest BCUT2D eigenvalue weighted by atomic mass is 9.99. The molecule has 27 heavy (non-hydrogen) atoms. The van der Waals surface area contributed by atoms with E-state index in [4.69, 9.17) is 16.3 Å². The molecule has 4 rings (SSSR count). The minimum atomic E-state index is -0.157. The van der Waals surface area contributed by atoms with Crippen LogP contribution >= 0.6 is 11.6 Å². The summed E-state index contributed by atoms with van der Waals surface area (Å²) < 4.78 is 6.30. The van der Waals surface area contributed by atoms with Crippen LogP contribution in [0.1, 0.15) is 35.0 Å². The molecule has 0 aromatic heterocycles. The van der Waals surface area contributed by atoms with E-state index in [1.807, 2.05) is 42.5 Å². The van der Waals surface area contributed by atoms with E-state index < -0.39 is 0 Å². The number of ether oxygens (including phenoxy) is 1. The molecule has 1 aliphatic heterocycles. The molecule has 1 saturated heterocycles. The highest BCUT2D eigenvalue weighted by molar-refractivity contribution is 6.30. The van der Waals surface area contributed by atoms with Gasteiger partial charge in [-0.15, -0.1) is 6.58 Å². The lowest BCUT2D eigenvalue weighted by Gasteiger charge is -2.34. The fraction of sp³-hybridized carbons (Fsp3) is 0.167. The molecule has 1 heterocycles. The normalized spacial score (nSPS) is 21.1. The van der Waals surface area contributed by atoms with E-state index in [2.05, 4.69) is 60.0 Å². The predicted octanol–water partition coefficient (Wildman–Crippen LogP) is 6.34. The van der Waals surface area contributed by atoms with Crippen LogP contribution in [0.2, 0.25) is 5.02 Å². The number of halogens is 1. The van der Waals surface area contributed by atoms with Gasteiger partial charge in [0.2, 0.25) is 0 Å². The second-order valence-electron chi connectivity index (χ2n) is 6.70. The van der Waals surface area contributed by atoms with E-state index >= 15 is 0 Å². The van der Waals surface area contributed by atoms with Crippen LogP contribution < -0.4 is 0 Å². The summed E-state index contributed by atoms with van der Waals surface area (Å²) in [4.78, 5) is 2.40. The Bertz CT molecular complexity index is 879. The first-order valence-corrected chi connectivity index (χ1v) is 9.52. The fourth-order valence-corrected chi connectivity index (χ4v) is 3.90. The molecule has 3 heteroatoms. The first kappa shape index (κ1) is 18.0. The molecule has 3 atom stereocenters. The zero-order valence-electron chi connectivity index (χ0n) is 15.0. The van der Waals surface area contributed by atoms with Gasteiger partial charge in [0.1, 0.15) is 6.23 Å². The summed E-state index contributed by atoms with van der Waals surface area (Å²) in [7, 11) is 0. The Kier molecular flexibility index (Phi) is 5.40. The zero-order valence-corrected chi connectivity index (χ0v) is 15.8. The first-order valence-electron chi connectivity index (χ1n) is 9.15. The Hall–Kier alpha value is -2.39. The minimum absolute atomic E-state index is 0.0413. The topological polar surface area (TPSA) is 12.5 Å². The van der Waals surface area contributed by atoms with Crippen molar-refractivity contribution in [1.82, 2.24) is 4.90 Å². The van der Waals surface area contributed by atoms with Crippen molar-refractivity contribution in [3.8, 4) is 0 Å². The molecule has 3 aromatic carbocycles. The third-order valence-corrected chi connectivity index (χ3v) is 5.32. The van der Waals surface area contributed by atoms with Crippen molar-refractivity contribution in [2.45, 2.75) is 18.3 Å². The molecule has 136 valence electrons. The van der Waals surface area contributed by atoms with Crippen molar-refractivity contribution in [3.63, 3.8) is 0 Å². The molecule has 1 aliphatic rings. The molecule has 0 amide bonds. The number of nitrogens with zero attached hydrogens (tertiary/aromatic N) is 1. The van der Waals surface area contributed by atoms with E-state index in [9.17, 15) is 0 Å². The zero-order chi connectivity index (χ0) is 18.6. The number of benzene rings is 3. The highest BCUT2D eigenvalue weighted by Crippen LogP contribution is 2.45. The Balaban J connectivity index is 1.77. The maximum atomic E-state index is 6.30.